The van der Waals surface area contributed by atoms with Crippen LogP contribution in [0.1, 0.15) is 60.2 Å². The molecule has 0 saturated heterocycles. The molecule has 0 aliphatic carbocycles. The van der Waals surface area contributed by atoms with Crippen molar-refractivity contribution in [2.45, 2.75) is 53.9 Å². The van der Waals surface area contributed by atoms with Gasteiger partial charge in [0.2, 0.25) is 0 Å². The highest BCUT2D eigenvalue weighted by atomic mass is 16.1. The number of rotatable bonds is 5. The number of aryl methyl sites for hydroxylation is 3. The average molecular weight is 232 g/mol. The number of carbonyl (C=O) groups is 1. The van der Waals surface area contributed by atoms with Crippen LogP contribution in [0.3, 0.4) is 0 Å². The average Bonchev–Trinajstić information content (AvgIpc) is 2.24. The predicted octanol–water partition coefficient (Wildman–Crippen LogP) is 4.62. The van der Waals surface area contributed by atoms with Crippen molar-refractivity contribution in [2.75, 3.05) is 0 Å². The first-order valence-corrected chi connectivity index (χ1v) is 6.60. The van der Waals surface area contributed by atoms with Gasteiger partial charge in [0.15, 0.2) is 5.78 Å². The molecule has 0 N–H and O–H groups in total. The third-order valence-electron chi connectivity index (χ3n) is 3.58. The van der Waals surface area contributed by atoms with Gasteiger partial charge in [0, 0.05) is 12.0 Å². The summed E-state index contributed by atoms with van der Waals surface area (Å²) in [7, 11) is 0. The van der Waals surface area contributed by atoms with Crippen molar-refractivity contribution >= 4 is 5.78 Å². The van der Waals surface area contributed by atoms with Crippen LogP contribution < -0.4 is 0 Å². The molecule has 0 aliphatic heterocycles. The topological polar surface area (TPSA) is 17.1 Å². The lowest BCUT2D eigenvalue weighted by Crippen LogP contribution is -2.10. The van der Waals surface area contributed by atoms with E-state index in [0.29, 0.717) is 18.1 Å². The van der Waals surface area contributed by atoms with Crippen LogP contribution in [0.5, 0.6) is 0 Å². The fraction of sp³-hybridized carbons (Fsp3) is 0.562. The van der Waals surface area contributed by atoms with Gasteiger partial charge in [-0.2, -0.15) is 0 Å². The standard InChI is InChI=1S/C16H24O/c1-6-14(7-2)10-15(17)16-12(4)8-11(3)9-13(16)5/h8-9,14H,6-7,10H2,1-5H3. The number of hydrogen-bond acceptors (Lipinski definition) is 1. The van der Waals surface area contributed by atoms with E-state index in [4.69, 9.17) is 0 Å². The van der Waals surface area contributed by atoms with E-state index in [1.165, 1.54) is 5.56 Å². The molecule has 0 atom stereocenters. The molecule has 1 nitrogen and oxygen atoms in total. The molecule has 17 heavy (non-hydrogen) atoms. The Morgan fingerprint density at radius 2 is 1.53 bits per heavy atom. The molecule has 0 amide bonds. The highest BCUT2D eigenvalue weighted by molar-refractivity contribution is 5.99. The maximum atomic E-state index is 12.3. The summed E-state index contributed by atoms with van der Waals surface area (Å²) in [6.45, 7) is 10.5. The molecule has 0 fully saturated rings. The summed E-state index contributed by atoms with van der Waals surface area (Å²) in [5, 5.41) is 0. The molecule has 0 heterocycles. The molecule has 0 aliphatic rings. The van der Waals surface area contributed by atoms with Crippen molar-refractivity contribution in [1.29, 1.82) is 0 Å². The third kappa shape index (κ3) is 3.42. The molecular weight excluding hydrogens is 208 g/mol. The first-order chi connectivity index (χ1) is 7.99. The fourth-order valence-corrected chi connectivity index (χ4v) is 2.56. The first kappa shape index (κ1) is 14.0. The zero-order chi connectivity index (χ0) is 13.0. The van der Waals surface area contributed by atoms with Gasteiger partial charge in [-0.15, -0.1) is 0 Å². The first-order valence-electron chi connectivity index (χ1n) is 6.60. The molecule has 0 bridgehead atoms. The Morgan fingerprint density at radius 1 is 1.06 bits per heavy atom. The van der Waals surface area contributed by atoms with Gasteiger partial charge in [-0.3, -0.25) is 4.79 Å². The largest absolute Gasteiger partial charge is 0.294 e. The van der Waals surface area contributed by atoms with E-state index in [1.807, 2.05) is 13.8 Å². The van der Waals surface area contributed by atoms with Crippen molar-refractivity contribution in [3.8, 4) is 0 Å². The molecule has 1 aromatic rings. The summed E-state index contributed by atoms with van der Waals surface area (Å²) in [5.41, 5.74) is 4.43. The van der Waals surface area contributed by atoms with Gasteiger partial charge in [-0.25, -0.2) is 0 Å². The molecular formula is C16H24O. The SMILES string of the molecule is CCC(CC)CC(=O)c1c(C)cc(C)cc1C. The lowest BCUT2D eigenvalue weighted by molar-refractivity contribution is 0.0957. The van der Waals surface area contributed by atoms with Crippen LogP contribution in [-0.4, -0.2) is 5.78 Å². The van der Waals surface area contributed by atoms with Gasteiger partial charge in [0.1, 0.15) is 0 Å². The predicted molar refractivity (Wildman–Crippen MR) is 73.7 cm³/mol. The summed E-state index contributed by atoms with van der Waals surface area (Å²) in [6, 6.07) is 4.21. The second-order valence-corrected chi connectivity index (χ2v) is 5.08. The van der Waals surface area contributed by atoms with E-state index in [0.717, 1.165) is 29.5 Å². The Kier molecular flexibility index (Phi) is 4.92. The number of Topliss-reactive ketones (excluding diaryl/α,β-unsaturated/α-hetero) is 1. The Labute approximate surface area is 105 Å². The quantitative estimate of drug-likeness (QED) is 0.677. The number of benzene rings is 1. The van der Waals surface area contributed by atoms with Gasteiger partial charge in [-0.05, 0) is 37.8 Å². The minimum absolute atomic E-state index is 0.314. The fourth-order valence-electron chi connectivity index (χ4n) is 2.56. The van der Waals surface area contributed by atoms with Crippen LogP contribution >= 0.6 is 0 Å². The minimum Gasteiger partial charge on any atom is -0.294 e. The normalized spacial score (nSPS) is 10.9. The summed E-state index contributed by atoms with van der Waals surface area (Å²) in [4.78, 5) is 12.3. The molecule has 1 rings (SSSR count). The number of carbonyl (C=O) groups excluding carboxylic acids is 1. The summed E-state index contributed by atoms with van der Waals surface area (Å²) in [6.07, 6.45) is 2.87. The monoisotopic (exact) mass is 232 g/mol. The third-order valence-corrected chi connectivity index (χ3v) is 3.58. The van der Waals surface area contributed by atoms with Crippen molar-refractivity contribution in [3.05, 3.63) is 34.4 Å². The Balaban J connectivity index is 2.96. The second-order valence-electron chi connectivity index (χ2n) is 5.08. The zero-order valence-corrected chi connectivity index (χ0v) is 11.8. The van der Waals surface area contributed by atoms with Gasteiger partial charge >= 0.3 is 0 Å². The molecule has 1 aromatic carbocycles. The van der Waals surface area contributed by atoms with Gasteiger partial charge < -0.3 is 0 Å². The van der Waals surface area contributed by atoms with E-state index in [2.05, 4.69) is 32.9 Å². The Hall–Kier alpha value is -1.11. The van der Waals surface area contributed by atoms with Crippen LogP contribution in [0.4, 0.5) is 0 Å². The van der Waals surface area contributed by atoms with Gasteiger partial charge in [0.05, 0.1) is 0 Å². The van der Waals surface area contributed by atoms with Crippen molar-refractivity contribution in [2.24, 2.45) is 5.92 Å². The Morgan fingerprint density at radius 3 is 1.94 bits per heavy atom. The van der Waals surface area contributed by atoms with E-state index >= 15 is 0 Å². The van der Waals surface area contributed by atoms with Crippen LogP contribution in [0, 0.1) is 26.7 Å². The van der Waals surface area contributed by atoms with Crippen LogP contribution in [-0.2, 0) is 0 Å². The van der Waals surface area contributed by atoms with E-state index in [1.54, 1.807) is 0 Å². The van der Waals surface area contributed by atoms with E-state index in [-0.39, 0.29) is 0 Å². The van der Waals surface area contributed by atoms with Crippen molar-refractivity contribution in [3.63, 3.8) is 0 Å². The maximum absolute atomic E-state index is 12.3. The summed E-state index contributed by atoms with van der Waals surface area (Å²) >= 11 is 0. The van der Waals surface area contributed by atoms with Gasteiger partial charge in [0.25, 0.3) is 0 Å². The second kappa shape index (κ2) is 6.00. The van der Waals surface area contributed by atoms with Crippen molar-refractivity contribution < 1.29 is 4.79 Å². The van der Waals surface area contributed by atoms with Crippen LogP contribution in [0.25, 0.3) is 0 Å². The smallest absolute Gasteiger partial charge is 0.163 e. The zero-order valence-electron chi connectivity index (χ0n) is 11.8. The highest BCUT2D eigenvalue weighted by Gasteiger charge is 2.16. The lowest BCUT2D eigenvalue weighted by Gasteiger charge is -2.14. The molecule has 0 spiro atoms. The summed E-state index contributed by atoms with van der Waals surface area (Å²) in [5.74, 6) is 0.844. The number of hydrogen-bond donors (Lipinski definition) is 0. The van der Waals surface area contributed by atoms with Crippen LogP contribution in [0.15, 0.2) is 12.1 Å². The maximum Gasteiger partial charge on any atom is 0.163 e. The molecule has 0 aromatic heterocycles. The molecule has 1 heteroatoms. The van der Waals surface area contributed by atoms with Crippen molar-refractivity contribution in [1.82, 2.24) is 0 Å². The Bertz CT molecular complexity index is 377. The number of ketones is 1. The molecule has 0 unspecified atom stereocenters. The molecule has 0 saturated carbocycles. The molecule has 94 valence electrons. The van der Waals surface area contributed by atoms with E-state index < -0.39 is 0 Å². The minimum atomic E-state index is 0.314. The summed E-state index contributed by atoms with van der Waals surface area (Å²) < 4.78 is 0. The van der Waals surface area contributed by atoms with Crippen LogP contribution in [0.2, 0.25) is 0 Å². The van der Waals surface area contributed by atoms with Gasteiger partial charge in [-0.1, -0.05) is 44.4 Å². The molecule has 0 radical (unpaired) electrons. The highest BCUT2D eigenvalue weighted by Crippen LogP contribution is 2.22. The lowest BCUT2D eigenvalue weighted by atomic mass is 9.89. The van der Waals surface area contributed by atoms with E-state index in [9.17, 15) is 4.79 Å².